The van der Waals surface area contributed by atoms with E-state index >= 15 is 0 Å². The summed E-state index contributed by atoms with van der Waals surface area (Å²) in [7, 11) is 0. The fourth-order valence-corrected chi connectivity index (χ4v) is 3.69. The van der Waals surface area contributed by atoms with Gasteiger partial charge in [0.1, 0.15) is 0 Å². The van der Waals surface area contributed by atoms with E-state index in [0.717, 1.165) is 33.9 Å². The van der Waals surface area contributed by atoms with Crippen LogP contribution in [0.3, 0.4) is 0 Å². The third kappa shape index (κ3) is 2.68. The summed E-state index contributed by atoms with van der Waals surface area (Å²) in [5.74, 6) is 0. The van der Waals surface area contributed by atoms with E-state index < -0.39 is 0 Å². The summed E-state index contributed by atoms with van der Waals surface area (Å²) in [4.78, 5) is 9.51. The molecule has 0 bridgehead atoms. The lowest BCUT2D eigenvalue weighted by Gasteiger charge is -2.14. The van der Waals surface area contributed by atoms with E-state index in [9.17, 15) is 0 Å². The van der Waals surface area contributed by atoms with Crippen LogP contribution in [0, 0.1) is 6.92 Å². The molecule has 130 valence electrons. The Bertz CT molecular complexity index is 1140. The van der Waals surface area contributed by atoms with Crippen molar-refractivity contribution in [3.05, 3.63) is 108 Å². The minimum atomic E-state index is 0.630. The van der Waals surface area contributed by atoms with Crippen molar-refractivity contribution in [2.45, 2.75) is 13.5 Å². The Morgan fingerprint density at radius 1 is 0.778 bits per heavy atom. The van der Waals surface area contributed by atoms with Crippen molar-refractivity contribution in [1.82, 2.24) is 9.55 Å². The number of imidazole rings is 1. The van der Waals surface area contributed by atoms with Crippen LogP contribution in [0.2, 0.25) is 0 Å². The molecule has 2 heterocycles. The Balaban J connectivity index is 1.77. The predicted molar refractivity (Wildman–Crippen MR) is 110 cm³/mol. The van der Waals surface area contributed by atoms with Gasteiger partial charge in [-0.3, -0.25) is 4.99 Å². The number of aliphatic imine (C=N–C) groups is 1. The van der Waals surface area contributed by atoms with Crippen LogP contribution in [0.15, 0.2) is 90.2 Å². The molecule has 0 N–H and O–H groups in total. The Morgan fingerprint density at radius 3 is 2.22 bits per heavy atom. The molecule has 1 aliphatic rings. The number of rotatable bonds is 2. The fraction of sp³-hybridized carbons (Fsp3) is 0.0833. The standard InChI is InChI=1S/C24H19N3/c1-17-23-15-25-24(19-10-6-3-7-11-19)21-14-20(18-8-4-2-5-9-18)12-13-22(21)27(23)16-26-17/h2-14,16H,15H2,1H3. The predicted octanol–water partition coefficient (Wildman–Crippen LogP) is 5.20. The molecule has 0 aliphatic carbocycles. The number of benzene rings is 3. The second kappa shape index (κ2) is 6.36. The topological polar surface area (TPSA) is 30.2 Å². The summed E-state index contributed by atoms with van der Waals surface area (Å²) in [5, 5.41) is 0. The normalized spacial score (nSPS) is 12.7. The van der Waals surface area contributed by atoms with Crippen LogP contribution in [0.5, 0.6) is 0 Å². The van der Waals surface area contributed by atoms with E-state index in [-0.39, 0.29) is 0 Å². The zero-order valence-electron chi connectivity index (χ0n) is 15.1. The number of fused-ring (bicyclic) bond motifs is 3. The van der Waals surface area contributed by atoms with Gasteiger partial charge in [-0.1, -0.05) is 66.7 Å². The van der Waals surface area contributed by atoms with Crippen LogP contribution in [0.4, 0.5) is 0 Å². The molecule has 3 nitrogen and oxygen atoms in total. The van der Waals surface area contributed by atoms with Crippen LogP contribution < -0.4 is 0 Å². The third-order valence-electron chi connectivity index (χ3n) is 5.13. The maximum Gasteiger partial charge on any atom is 0.0998 e. The average molecular weight is 349 g/mol. The second-order valence-electron chi connectivity index (χ2n) is 6.78. The summed E-state index contributed by atoms with van der Waals surface area (Å²) in [6.07, 6.45) is 1.91. The number of hydrogen-bond donors (Lipinski definition) is 0. The Morgan fingerprint density at radius 2 is 1.48 bits per heavy atom. The van der Waals surface area contributed by atoms with Gasteiger partial charge in [-0.25, -0.2) is 4.98 Å². The fourth-order valence-electron chi connectivity index (χ4n) is 3.69. The quantitative estimate of drug-likeness (QED) is 0.489. The smallest absolute Gasteiger partial charge is 0.0998 e. The van der Waals surface area contributed by atoms with Crippen LogP contribution in [0.1, 0.15) is 22.5 Å². The molecule has 0 fully saturated rings. The maximum absolute atomic E-state index is 5.00. The molecule has 27 heavy (non-hydrogen) atoms. The SMILES string of the molecule is Cc1ncn2c1CN=C(c1ccccc1)c1cc(-c3ccccc3)ccc1-2. The molecule has 0 saturated heterocycles. The molecule has 1 aromatic heterocycles. The molecule has 0 saturated carbocycles. The largest absolute Gasteiger partial charge is 0.300 e. The minimum Gasteiger partial charge on any atom is -0.300 e. The minimum absolute atomic E-state index is 0.630. The average Bonchev–Trinajstić information content (AvgIpc) is 3.01. The highest BCUT2D eigenvalue weighted by molar-refractivity contribution is 6.15. The van der Waals surface area contributed by atoms with Gasteiger partial charge in [0.05, 0.1) is 35.7 Å². The van der Waals surface area contributed by atoms with Gasteiger partial charge >= 0.3 is 0 Å². The summed E-state index contributed by atoms with van der Waals surface area (Å²) in [6, 6.07) is 27.5. The van der Waals surface area contributed by atoms with Gasteiger partial charge < -0.3 is 4.57 Å². The molecule has 0 atom stereocenters. The van der Waals surface area contributed by atoms with Crippen molar-refractivity contribution in [3.8, 4) is 16.8 Å². The lowest BCUT2D eigenvalue weighted by molar-refractivity contribution is 0.914. The highest BCUT2D eigenvalue weighted by atomic mass is 15.1. The Hall–Kier alpha value is -3.46. The van der Waals surface area contributed by atoms with Crippen molar-refractivity contribution < 1.29 is 0 Å². The van der Waals surface area contributed by atoms with Gasteiger partial charge in [0.25, 0.3) is 0 Å². The van der Waals surface area contributed by atoms with E-state index in [1.807, 2.05) is 25.4 Å². The van der Waals surface area contributed by atoms with E-state index in [0.29, 0.717) is 6.54 Å². The molecule has 0 spiro atoms. The molecule has 3 aromatic carbocycles. The second-order valence-corrected chi connectivity index (χ2v) is 6.78. The highest BCUT2D eigenvalue weighted by Gasteiger charge is 2.20. The van der Waals surface area contributed by atoms with Crippen molar-refractivity contribution in [3.63, 3.8) is 0 Å². The first-order valence-corrected chi connectivity index (χ1v) is 9.14. The summed E-state index contributed by atoms with van der Waals surface area (Å²) in [6.45, 7) is 2.68. The molecule has 5 rings (SSSR count). The molecule has 0 unspecified atom stereocenters. The van der Waals surface area contributed by atoms with Crippen LogP contribution >= 0.6 is 0 Å². The van der Waals surface area contributed by atoms with Crippen molar-refractivity contribution in [2.75, 3.05) is 0 Å². The number of hydrogen-bond acceptors (Lipinski definition) is 2. The van der Waals surface area contributed by atoms with Crippen LogP contribution in [-0.2, 0) is 6.54 Å². The summed E-state index contributed by atoms with van der Waals surface area (Å²) < 4.78 is 2.18. The zero-order chi connectivity index (χ0) is 18.2. The molecule has 0 amide bonds. The number of aryl methyl sites for hydroxylation is 1. The van der Waals surface area contributed by atoms with Crippen LogP contribution in [0.25, 0.3) is 16.8 Å². The molecule has 3 heteroatoms. The van der Waals surface area contributed by atoms with E-state index in [1.54, 1.807) is 0 Å². The lowest BCUT2D eigenvalue weighted by Crippen LogP contribution is -2.07. The van der Waals surface area contributed by atoms with E-state index in [1.165, 1.54) is 11.1 Å². The van der Waals surface area contributed by atoms with Gasteiger partial charge in [-0.15, -0.1) is 0 Å². The Labute approximate surface area is 158 Å². The van der Waals surface area contributed by atoms with E-state index in [4.69, 9.17) is 4.99 Å². The maximum atomic E-state index is 5.00. The molecular weight excluding hydrogens is 330 g/mol. The monoisotopic (exact) mass is 349 g/mol. The van der Waals surface area contributed by atoms with Gasteiger partial charge in [0.15, 0.2) is 0 Å². The van der Waals surface area contributed by atoms with Crippen molar-refractivity contribution in [1.29, 1.82) is 0 Å². The molecular formula is C24H19N3. The van der Waals surface area contributed by atoms with Gasteiger partial charge in [0, 0.05) is 11.1 Å². The first-order valence-electron chi connectivity index (χ1n) is 9.14. The van der Waals surface area contributed by atoms with E-state index in [2.05, 4.69) is 76.3 Å². The lowest BCUT2D eigenvalue weighted by atomic mass is 9.96. The number of nitrogens with zero attached hydrogens (tertiary/aromatic N) is 3. The molecule has 4 aromatic rings. The summed E-state index contributed by atoms with van der Waals surface area (Å²) >= 11 is 0. The van der Waals surface area contributed by atoms with Crippen molar-refractivity contribution in [2.24, 2.45) is 4.99 Å². The van der Waals surface area contributed by atoms with Gasteiger partial charge in [-0.05, 0) is 30.2 Å². The molecule has 1 aliphatic heterocycles. The Kier molecular flexibility index (Phi) is 3.72. The molecule has 0 radical (unpaired) electrons. The van der Waals surface area contributed by atoms with Crippen molar-refractivity contribution >= 4 is 5.71 Å². The van der Waals surface area contributed by atoms with Gasteiger partial charge in [-0.2, -0.15) is 0 Å². The van der Waals surface area contributed by atoms with Crippen LogP contribution in [-0.4, -0.2) is 15.3 Å². The zero-order valence-corrected chi connectivity index (χ0v) is 15.1. The third-order valence-corrected chi connectivity index (χ3v) is 5.13. The summed E-state index contributed by atoms with van der Waals surface area (Å²) in [5.41, 5.74) is 9.02. The highest BCUT2D eigenvalue weighted by Crippen LogP contribution is 2.30. The number of aromatic nitrogens is 2. The van der Waals surface area contributed by atoms with Gasteiger partial charge in [0.2, 0.25) is 0 Å². The first kappa shape index (κ1) is 15.8. The first-order chi connectivity index (χ1) is 13.3.